The third kappa shape index (κ3) is 6.90. The lowest BCUT2D eigenvalue weighted by Gasteiger charge is -2.22. The van der Waals surface area contributed by atoms with Crippen molar-refractivity contribution < 1.29 is 18.0 Å². The Labute approximate surface area is 190 Å². The number of carbonyl (C=O) groups excluding carboxylic acids is 1. The van der Waals surface area contributed by atoms with E-state index in [2.05, 4.69) is 10.3 Å². The summed E-state index contributed by atoms with van der Waals surface area (Å²) < 4.78 is 39.4. The topological polar surface area (TPSA) is 45.2 Å². The molecular formula is C24H26F3N3OS. The zero-order valence-electron chi connectivity index (χ0n) is 18.2. The molecule has 0 saturated heterocycles. The summed E-state index contributed by atoms with van der Waals surface area (Å²) in [6.45, 7) is 7.05. The second-order valence-electron chi connectivity index (χ2n) is 8.08. The molecule has 32 heavy (non-hydrogen) atoms. The molecule has 0 aliphatic carbocycles. The number of aromatic nitrogens is 1. The molecule has 4 nitrogen and oxygen atoms in total. The maximum atomic E-state index is 13.1. The lowest BCUT2D eigenvalue weighted by molar-refractivity contribution is -0.137. The van der Waals surface area contributed by atoms with Crippen molar-refractivity contribution in [3.63, 3.8) is 0 Å². The summed E-state index contributed by atoms with van der Waals surface area (Å²) in [6, 6.07) is 13.4. The van der Waals surface area contributed by atoms with Crippen LogP contribution in [0.15, 0.2) is 53.9 Å². The van der Waals surface area contributed by atoms with Gasteiger partial charge in [-0.2, -0.15) is 13.2 Å². The fourth-order valence-corrected chi connectivity index (χ4v) is 4.05. The number of hydrogen-bond acceptors (Lipinski definition) is 4. The van der Waals surface area contributed by atoms with Gasteiger partial charge in [0.15, 0.2) is 0 Å². The number of nitrogens with zero attached hydrogens (tertiary/aromatic N) is 2. The van der Waals surface area contributed by atoms with E-state index in [1.807, 2.05) is 49.9 Å². The van der Waals surface area contributed by atoms with Crippen molar-refractivity contribution in [3.8, 4) is 0 Å². The van der Waals surface area contributed by atoms with E-state index in [4.69, 9.17) is 0 Å². The molecule has 8 heteroatoms. The summed E-state index contributed by atoms with van der Waals surface area (Å²) in [5.41, 5.74) is 2.46. The number of amides is 1. The zero-order chi connectivity index (χ0) is 23.3. The monoisotopic (exact) mass is 461 g/mol. The highest BCUT2D eigenvalue weighted by atomic mass is 32.1. The average molecular weight is 462 g/mol. The first-order valence-corrected chi connectivity index (χ1v) is 11.2. The van der Waals surface area contributed by atoms with E-state index < -0.39 is 11.7 Å². The molecule has 0 aliphatic rings. The van der Waals surface area contributed by atoms with Gasteiger partial charge < -0.3 is 5.32 Å². The fourth-order valence-electron chi connectivity index (χ4n) is 3.24. The molecule has 170 valence electrons. The molecular weight excluding hydrogens is 435 g/mol. The first kappa shape index (κ1) is 23.9. The predicted molar refractivity (Wildman–Crippen MR) is 120 cm³/mol. The number of rotatable bonds is 8. The molecule has 1 N–H and O–H groups in total. The highest BCUT2D eigenvalue weighted by Crippen LogP contribution is 2.30. The van der Waals surface area contributed by atoms with Gasteiger partial charge in [0, 0.05) is 24.5 Å². The predicted octanol–water partition coefficient (Wildman–Crippen LogP) is 5.81. The van der Waals surface area contributed by atoms with Gasteiger partial charge in [-0.3, -0.25) is 9.69 Å². The van der Waals surface area contributed by atoms with E-state index in [9.17, 15) is 18.0 Å². The highest BCUT2D eigenvalue weighted by Gasteiger charge is 2.30. The molecule has 0 aliphatic heterocycles. The number of alkyl halides is 3. The van der Waals surface area contributed by atoms with E-state index in [0.717, 1.165) is 22.2 Å². The van der Waals surface area contributed by atoms with Crippen molar-refractivity contribution in [3.05, 3.63) is 86.9 Å². The summed E-state index contributed by atoms with van der Waals surface area (Å²) in [7, 11) is 0. The van der Waals surface area contributed by atoms with Crippen LogP contribution >= 0.6 is 11.3 Å². The summed E-state index contributed by atoms with van der Waals surface area (Å²) in [6.07, 6.45) is -4.38. The Bertz CT molecular complexity index is 1050. The number of halogens is 3. The Balaban J connectivity index is 1.81. The maximum absolute atomic E-state index is 13.1. The van der Waals surface area contributed by atoms with Gasteiger partial charge in [0.1, 0.15) is 10.7 Å². The first-order chi connectivity index (χ1) is 15.1. The van der Waals surface area contributed by atoms with Crippen LogP contribution in [-0.4, -0.2) is 21.8 Å². The molecule has 0 atom stereocenters. The van der Waals surface area contributed by atoms with Gasteiger partial charge in [0.25, 0.3) is 5.91 Å². The van der Waals surface area contributed by atoms with E-state index in [1.54, 1.807) is 11.4 Å². The quantitative estimate of drug-likeness (QED) is 0.460. The van der Waals surface area contributed by atoms with Crippen LogP contribution in [0.2, 0.25) is 0 Å². The van der Waals surface area contributed by atoms with E-state index in [0.29, 0.717) is 30.9 Å². The van der Waals surface area contributed by atoms with Gasteiger partial charge in [0.2, 0.25) is 0 Å². The van der Waals surface area contributed by atoms with Crippen LogP contribution in [0.3, 0.4) is 0 Å². The molecule has 1 aromatic heterocycles. The maximum Gasteiger partial charge on any atom is 0.416 e. The lowest BCUT2D eigenvalue weighted by Crippen LogP contribution is -2.30. The van der Waals surface area contributed by atoms with E-state index >= 15 is 0 Å². The van der Waals surface area contributed by atoms with Crippen LogP contribution in [0, 0.1) is 6.92 Å². The van der Waals surface area contributed by atoms with Crippen LogP contribution in [0.4, 0.5) is 13.2 Å². The molecule has 0 unspecified atom stereocenters. The minimum atomic E-state index is -4.38. The molecule has 2 aromatic carbocycles. The first-order valence-electron chi connectivity index (χ1n) is 10.3. The average Bonchev–Trinajstić information content (AvgIpc) is 3.17. The Kier molecular flexibility index (Phi) is 7.69. The van der Waals surface area contributed by atoms with Crippen molar-refractivity contribution in [2.75, 3.05) is 0 Å². The second-order valence-corrected chi connectivity index (χ2v) is 9.03. The number of hydrogen-bond donors (Lipinski definition) is 1. The van der Waals surface area contributed by atoms with E-state index in [1.165, 1.54) is 23.5 Å². The summed E-state index contributed by atoms with van der Waals surface area (Å²) in [4.78, 5) is 18.7. The molecule has 0 fully saturated rings. The smallest absolute Gasteiger partial charge is 0.349 e. The Hall–Kier alpha value is -2.71. The minimum absolute atomic E-state index is 0.00611. The minimum Gasteiger partial charge on any atom is -0.349 e. The van der Waals surface area contributed by atoms with Crippen LogP contribution < -0.4 is 5.32 Å². The van der Waals surface area contributed by atoms with Crippen LogP contribution in [0.25, 0.3) is 0 Å². The number of benzene rings is 2. The Morgan fingerprint density at radius 3 is 2.41 bits per heavy atom. The van der Waals surface area contributed by atoms with Crippen LogP contribution in [-0.2, 0) is 25.8 Å². The van der Waals surface area contributed by atoms with E-state index in [-0.39, 0.29) is 11.9 Å². The van der Waals surface area contributed by atoms with Gasteiger partial charge in [0.05, 0.1) is 12.1 Å². The standard InChI is InChI=1S/C24H26F3N3OS/c1-16(2)28-23(31)21-15-32-22(29-21)14-30(12-18-9-7-17(3)8-10-18)13-19-5-4-6-20(11-19)24(25,26)27/h4-11,15-16H,12-14H2,1-3H3,(H,28,31). The normalized spacial score (nSPS) is 11.9. The molecule has 0 bridgehead atoms. The molecule has 0 spiro atoms. The summed E-state index contributed by atoms with van der Waals surface area (Å²) >= 11 is 1.37. The number of aryl methyl sites for hydroxylation is 1. The molecule has 3 rings (SSSR count). The molecule has 0 radical (unpaired) electrons. The zero-order valence-corrected chi connectivity index (χ0v) is 19.1. The Morgan fingerprint density at radius 2 is 1.75 bits per heavy atom. The van der Waals surface area contributed by atoms with Gasteiger partial charge in [-0.05, 0) is 38.0 Å². The molecule has 3 aromatic rings. The van der Waals surface area contributed by atoms with Crippen molar-refractivity contribution in [1.29, 1.82) is 0 Å². The third-order valence-corrected chi connectivity index (χ3v) is 5.58. The highest BCUT2D eigenvalue weighted by molar-refractivity contribution is 7.09. The third-order valence-electron chi connectivity index (χ3n) is 4.75. The van der Waals surface area contributed by atoms with Crippen molar-refractivity contribution >= 4 is 17.2 Å². The SMILES string of the molecule is Cc1ccc(CN(Cc2cccc(C(F)(F)F)c2)Cc2nc(C(=O)NC(C)C)cs2)cc1. The van der Waals surface area contributed by atoms with Crippen molar-refractivity contribution in [2.24, 2.45) is 0 Å². The van der Waals surface area contributed by atoms with Crippen molar-refractivity contribution in [2.45, 2.75) is 52.6 Å². The van der Waals surface area contributed by atoms with Crippen LogP contribution in [0.5, 0.6) is 0 Å². The molecule has 0 saturated carbocycles. The van der Waals surface area contributed by atoms with Crippen LogP contribution in [0.1, 0.15) is 51.6 Å². The number of nitrogens with one attached hydrogen (secondary N) is 1. The fraction of sp³-hybridized carbons (Fsp3) is 0.333. The Morgan fingerprint density at radius 1 is 1.06 bits per heavy atom. The largest absolute Gasteiger partial charge is 0.416 e. The van der Waals surface area contributed by atoms with Gasteiger partial charge in [-0.25, -0.2) is 4.98 Å². The second kappa shape index (κ2) is 10.3. The summed E-state index contributed by atoms with van der Waals surface area (Å²) in [5.74, 6) is -0.231. The van der Waals surface area contributed by atoms with Gasteiger partial charge in [-0.1, -0.05) is 48.0 Å². The molecule has 1 amide bonds. The van der Waals surface area contributed by atoms with Gasteiger partial charge >= 0.3 is 6.18 Å². The summed E-state index contributed by atoms with van der Waals surface area (Å²) in [5, 5.41) is 5.26. The number of thiazole rings is 1. The van der Waals surface area contributed by atoms with Gasteiger partial charge in [-0.15, -0.1) is 11.3 Å². The number of carbonyl (C=O) groups is 1. The van der Waals surface area contributed by atoms with Crippen molar-refractivity contribution in [1.82, 2.24) is 15.2 Å². The molecule has 1 heterocycles. The lowest BCUT2D eigenvalue weighted by atomic mass is 10.1.